The molecule has 0 saturated carbocycles. The highest BCUT2D eigenvalue weighted by atomic mass is 16.3. The summed E-state index contributed by atoms with van der Waals surface area (Å²) in [5.74, 6) is -0.529. The topological polar surface area (TPSA) is 106 Å². The molecular weight excluding hydrogens is 382 g/mol. The molecule has 8 nitrogen and oxygen atoms in total. The Balaban J connectivity index is 2.14. The number of fused-ring (bicyclic) bond motifs is 2. The number of pyridine rings is 2. The van der Waals surface area contributed by atoms with Gasteiger partial charge in [0.05, 0.1) is 17.2 Å². The Hall–Kier alpha value is -3.99. The summed E-state index contributed by atoms with van der Waals surface area (Å²) in [6, 6.07) is 10.3. The fraction of sp³-hybridized carbons (Fsp3) is 0.227. The van der Waals surface area contributed by atoms with Crippen LogP contribution in [0.25, 0.3) is 16.7 Å². The Morgan fingerprint density at radius 1 is 1.30 bits per heavy atom. The molecule has 0 aliphatic rings. The number of unbranched alkanes of at least 4 members (excludes halogenated alkanes) is 1. The second-order valence-electron chi connectivity index (χ2n) is 6.93. The van der Waals surface area contributed by atoms with Crippen LogP contribution in [-0.2, 0) is 6.54 Å². The summed E-state index contributed by atoms with van der Waals surface area (Å²) in [6.45, 7) is 4.37. The number of nitriles is 1. The van der Waals surface area contributed by atoms with Crippen LogP contribution in [0.3, 0.4) is 0 Å². The van der Waals surface area contributed by atoms with Crippen molar-refractivity contribution in [1.29, 1.82) is 5.26 Å². The van der Waals surface area contributed by atoms with E-state index in [4.69, 9.17) is 9.40 Å². The molecule has 0 fully saturated rings. The largest absolute Gasteiger partial charge is 0.459 e. The van der Waals surface area contributed by atoms with E-state index in [2.05, 4.69) is 11.1 Å². The van der Waals surface area contributed by atoms with E-state index in [1.807, 2.05) is 19.9 Å². The lowest BCUT2D eigenvalue weighted by Gasteiger charge is -2.13. The molecule has 0 radical (unpaired) electrons. The number of furan rings is 1. The first-order valence-corrected chi connectivity index (χ1v) is 9.63. The number of carbonyl (C=O) groups is 1. The lowest BCUT2D eigenvalue weighted by molar-refractivity contribution is 0.0970. The summed E-state index contributed by atoms with van der Waals surface area (Å²) in [7, 11) is 0. The van der Waals surface area contributed by atoms with E-state index in [9.17, 15) is 14.9 Å². The average molecular weight is 401 g/mol. The normalized spacial score (nSPS) is 11.8. The quantitative estimate of drug-likeness (QED) is 0.489. The molecule has 4 aromatic rings. The summed E-state index contributed by atoms with van der Waals surface area (Å²) in [5, 5.41) is 10.0. The Bertz CT molecular complexity index is 1440. The van der Waals surface area contributed by atoms with E-state index in [0.717, 1.165) is 18.4 Å². The predicted octanol–water partition coefficient (Wildman–Crippen LogP) is 2.96. The molecule has 0 unspecified atom stereocenters. The third-order valence-corrected chi connectivity index (χ3v) is 4.90. The predicted molar refractivity (Wildman–Crippen MR) is 110 cm³/mol. The van der Waals surface area contributed by atoms with Crippen LogP contribution in [0.15, 0.2) is 57.0 Å². The van der Waals surface area contributed by atoms with E-state index in [1.165, 1.54) is 22.8 Å². The van der Waals surface area contributed by atoms with E-state index < -0.39 is 5.91 Å². The van der Waals surface area contributed by atoms with E-state index in [0.29, 0.717) is 23.2 Å². The van der Waals surface area contributed by atoms with Crippen LogP contribution >= 0.6 is 0 Å². The van der Waals surface area contributed by atoms with Crippen LogP contribution in [0.2, 0.25) is 0 Å². The van der Waals surface area contributed by atoms with Gasteiger partial charge in [-0.1, -0.05) is 19.4 Å². The van der Waals surface area contributed by atoms with E-state index in [1.54, 1.807) is 22.9 Å². The number of rotatable bonds is 4. The summed E-state index contributed by atoms with van der Waals surface area (Å²) in [4.78, 5) is 34.6. The van der Waals surface area contributed by atoms with Crippen LogP contribution in [-0.4, -0.2) is 19.9 Å². The van der Waals surface area contributed by atoms with E-state index in [-0.39, 0.29) is 22.4 Å². The summed E-state index contributed by atoms with van der Waals surface area (Å²) >= 11 is 0. The Morgan fingerprint density at radius 3 is 2.83 bits per heavy atom. The average Bonchev–Trinajstić information content (AvgIpc) is 3.29. The number of hydrogen-bond donors (Lipinski definition) is 0. The van der Waals surface area contributed by atoms with Gasteiger partial charge in [-0.2, -0.15) is 10.3 Å². The molecule has 4 aromatic heterocycles. The van der Waals surface area contributed by atoms with Gasteiger partial charge in [0, 0.05) is 12.7 Å². The molecule has 150 valence electrons. The molecule has 0 bridgehead atoms. The SMILES string of the molecule is CCCCn1c(=NC(=O)c2ccco2)c(C#N)cc2c(=O)n3cccc(C)c3nc21. The molecule has 0 spiro atoms. The molecule has 0 aliphatic heterocycles. The number of nitrogens with zero attached hydrogens (tertiary/aromatic N) is 5. The second kappa shape index (κ2) is 7.79. The second-order valence-corrected chi connectivity index (χ2v) is 6.93. The fourth-order valence-corrected chi connectivity index (χ4v) is 3.37. The highest BCUT2D eigenvalue weighted by molar-refractivity contribution is 5.92. The van der Waals surface area contributed by atoms with Crippen molar-refractivity contribution < 1.29 is 9.21 Å². The lowest BCUT2D eigenvalue weighted by Crippen LogP contribution is -2.29. The molecule has 0 saturated heterocycles. The van der Waals surface area contributed by atoms with Crippen LogP contribution in [0.1, 0.15) is 41.4 Å². The Morgan fingerprint density at radius 2 is 2.13 bits per heavy atom. The van der Waals surface area contributed by atoms with Crippen molar-refractivity contribution in [2.45, 2.75) is 33.2 Å². The first-order chi connectivity index (χ1) is 14.5. The zero-order valence-electron chi connectivity index (χ0n) is 16.6. The molecule has 4 rings (SSSR count). The van der Waals surface area contributed by atoms with Crippen LogP contribution in [0.5, 0.6) is 0 Å². The van der Waals surface area contributed by atoms with Gasteiger partial charge in [0.25, 0.3) is 5.56 Å². The van der Waals surface area contributed by atoms with Crippen LogP contribution in [0, 0.1) is 18.3 Å². The molecule has 8 heteroatoms. The van der Waals surface area contributed by atoms with Crippen LogP contribution in [0.4, 0.5) is 0 Å². The van der Waals surface area contributed by atoms with Crippen molar-refractivity contribution in [2.75, 3.05) is 0 Å². The zero-order chi connectivity index (χ0) is 21.3. The maximum Gasteiger partial charge on any atom is 0.314 e. The van der Waals surface area contributed by atoms with Gasteiger partial charge in [-0.15, -0.1) is 0 Å². The molecule has 30 heavy (non-hydrogen) atoms. The number of amides is 1. The highest BCUT2D eigenvalue weighted by Gasteiger charge is 2.16. The number of carbonyl (C=O) groups excluding carboxylic acids is 1. The van der Waals surface area contributed by atoms with Crippen molar-refractivity contribution >= 4 is 22.6 Å². The number of aryl methyl sites for hydroxylation is 2. The van der Waals surface area contributed by atoms with Gasteiger partial charge in [0.2, 0.25) is 0 Å². The molecule has 0 aliphatic carbocycles. The Labute approximate surface area is 171 Å². The summed E-state index contributed by atoms with van der Waals surface area (Å²) in [5.41, 5.74) is 1.79. The van der Waals surface area contributed by atoms with E-state index >= 15 is 0 Å². The number of aromatic nitrogens is 3. The molecule has 0 aromatic carbocycles. The lowest BCUT2D eigenvalue weighted by atomic mass is 10.2. The first-order valence-electron chi connectivity index (χ1n) is 9.63. The van der Waals surface area contributed by atoms with Gasteiger partial charge >= 0.3 is 5.91 Å². The van der Waals surface area contributed by atoms with Gasteiger partial charge in [0.15, 0.2) is 11.2 Å². The molecule has 0 N–H and O–H groups in total. The smallest absolute Gasteiger partial charge is 0.314 e. The van der Waals surface area contributed by atoms with Gasteiger partial charge in [-0.3, -0.25) is 14.0 Å². The highest BCUT2D eigenvalue weighted by Crippen LogP contribution is 2.13. The zero-order valence-corrected chi connectivity index (χ0v) is 16.6. The third-order valence-electron chi connectivity index (χ3n) is 4.90. The van der Waals surface area contributed by atoms with Gasteiger partial charge in [-0.05, 0) is 43.2 Å². The minimum absolute atomic E-state index is 0.0726. The monoisotopic (exact) mass is 401 g/mol. The molecular formula is C22H19N5O3. The first kappa shape index (κ1) is 19.3. The Kier molecular flexibility index (Phi) is 5.02. The van der Waals surface area contributed by atoms with Crippen molar-refractivity contribution in [1.82, 2.24) is 14.0 Å². The van der Waals surface area contributed by atoms with Crippen molar-refractivity contribution in [3.05, 3.63) is 75.5 Å². The third kappa shape index (κ3) is 3.20. The maximum atomic E-state index is 13.1. The minimum atomic E-state index is -0.602. The van der Waals surface area contributed by atoms with Crippen molar-refractivity contribution in [3.8, 4) is 6.07 Å². The molecule has 4 heterocycles. The van der Waals surface area contributed by atoms with Crippen molar-refractivity contribution in [2.24, 2.45) is 4.99 Å². The standard InChI is InChI=1S/C22H19N5O3/c1-3-4-9-26-19(25-21(28)17-8-6-11-30-17)15(13-23)12-16-20(26)24-18-14(2)7-5-10-27(18)22(16)29/h5-8,10-12H,3-4,9H2,1-2H3. The van der Waals surface area contributed by atoms with Gasteiger partial charge in [0.1, 0.15) is 17.4 Å². The molecule has 1 amide bonds. The molecule has 0 atom stereocenters. The summed E-state index contributed by atoms with van der Waals surface area (Å²) in [6.07, 6.45) is 4.68. The van der Waals surface area contributed by atoms with Gasteiger partial charge < -0.3 is 8.98 Å². The minimum Gasteiger partial charge on any atom is -0.459 e. The van der Waals surface area contributed by atoms with Crippen molar-refractivity contribution in [3.63, 3.8) is 0 Å². The van der Waals surface area contributed by atoms with Crippen LogP contribution < -0.4 is 11.0 Å². The maximum absolute atomic E-state index is 13.1. The fourth-order valence-electron chi connectivity index (χ4n) is 3.37. The number of hydrogen-bond acceptors (Lipinski definition) is 5. The summed E-state index contributed by atoms with van der Waals surface area (Å²) < 4.78 is 8.29. The van der Waals surface area contributed by atoms with Gasteiger partial charge in [-0.25, -0.2) is 4.98 Å².